The van der Waals surface area contributed by atoms with E-state index in [-0.39, 0.29) is 5.82 Å². The van der Waals surface area contributed by atoms with Crippen molar-refractivity contribution in [2.45, 2.75) is 32.9 Å². The average Bonchev–Trinajstić information content (AvgIpc) is 2.67. The third kappa shape index (κ3) is 3.50. The van der Waals surface area contributed by atoms with Crippen LogP contribution in [0.4, 0.5) is 10.2 Å². The molecule has 1 N–H and O–H groups in total. The molecule has 27 heavy (non-hydrogen) atoms. The van der Waals surface area contributed by atoms with Gasteiger partial charge >= 0.3 is 0 Å². The molecule has 3 aromatic rings. The maximum Gasteiger partial charge on any atom is 0.158 e. The highest BCUT2D eigenvalue weighted by Crippen LogP contribution is 2.30. The monoisotopic (exact) mass is 365 g/mol. The lowest BCUT2D eigenvalue weighted by atomic mass is 9.98. The molecule has 3 heterocycles. The van der Waals surface area contributed by atoms with Gasteiger partial charge in [0.15, 0.2) is 5.82 Å². The Bertz CT molecular complexity index is 975. The number of fused-ring (bicyclic) bond motifs is 1. The highest BCUT2D eigenvalue weighted by Gasteiger charge is 2.23. The van der Waals surface area contributed by atoms with Gasteiger partial charge in [-0.25, -0.2) is 24.3 Å². The second-order valence-corrected chi connectivity index (χ2v) is 6.67. The summed E-state index contributed by atoms with van der Waals surface area (Å²) in [6.45, 7) is 4.87. The summed E-state index contributed by atoms with van der Waals surface area (Å²) in [7, 11) is 0. The van der Waals surface area contributed by atoms with E-state index in [0.717, 1.165) is 41.3 Å². The molecular weight excluding hydrogens is 345 g/mol. The molecule has 7 heteroatoms. The van der Waals surface area contributed by atoms with Gasteiger partial charge in [-0.2, -0.15) is 0 Å². The summed E-state index contributed by atoms with van der Waals surface area (Å²) in [5.41, 5.74) is 3.80. The Kier molecular flexibility index (Phi) is 4.53. The first-order valence-corrected chi connectivity index (χ1v) is 8.89. The van der Waals surface area contributed by atoms with Crippen molar-refractivity contribution in [2.24, 2.45) is 0 Å². The lowest BCUT2D eigenvalue weighted by molar-refractivity contribution is 0.189. The average molecular weight is 365 g/mol. The Balaban J connectivity index is 1.69. The van der Waals surface area contributed by atoms with E-state index < -0.39 is 6.10 Å². The van der Waals surface area contributed by atoms with E-state index >= 15 is 0 Å². The number of rotatable bonds is 3. The van der Waals surface area contributed by atoms with Gasteiger partial charge in [0.25, 0.3) is 0 Å². The van der Waals surface area contributed by atoms with E-state index in [9.17, 15) is 9.50 Å². The Morgan fingerprint density at radius 3 is 2.63 bits per heavy atom. The van der Waals surface area contributed by atoms with Crippen molar-refractivity contribution >= 4 is 5.82 Å². The molecule has 6 nitrogen and oxygen atoms in total. The van der Waals surface area contributed by atoms with Crippen molar-refractivity contribution < 1.29 is 9.50 Å². The van der Waals surface area contributed by atoms with Crippen LogP contribution < -0.4 is 4.90 Å². The van der Waals surface area contributed by atoms with E-state index in [1.165, 1.54) is 12.1 Å². The Morgan fingerprint density at radius 1 is 1.11 bits per heavy atom. The third-order valence-corrected chi connectivity index (χ3v) is 4.65. The minimum atomic E-state index is -0.711. The summed E-state index contributed by atoms with van der Waals surface area (Å²) in [5.74, 6) is 1.60. The van der Waals surface area contributed by atoms with Crippen LogP contribution in [0.15, 0.2) is 36.5 Å². The number of benzene rings is 1. The fraction of sp³-hybridized carbons (Fsp3) is 0.300. The fourth-order valence-electron chi connectivity index (χ4n) is 3.34. The van der Waals surface area contributed by atoms with E-state index in [0.29, 0.717) is 18.2 Å². The first-order valence-electron chi connectivity index (χ1n) is 8.89. The van der Waals surface area contributed by atoms with Crippen molar-refractivity contribution in [3.63, 3.8) is 0 Å². The van der Waals surface area contributed by atoms with Crippen molar-refractivity contribution in [3.8, 4) is 11.3 Å². The van der Waals surface area contributed by atoms with Crippen molar-refractivity contribution in [1.29, 1.82) is 0 Å². The lowest BCUT2D eigenvalue weighted by Crippen LogP contribution is -2.33. The summed E-state index contributed by atoms with van der Waals surface area (Å²) in [4.78, 5) is 19.9. The number of aliphatic hydroxyl groups is 1. The number of aromatic nitrogens is 4. The molecule has 2 aromatic heterocycles. The van der Waals surface area contributed by atoms with Crippen LogP contribution in [0.25, 0.3) is 11.3 Å². The second-order valence-electron chi connectivity index (χ2n) is 6.67. The fourth-order valence-corrected chi connectivity index (χ4v) is 3.34. The molecule has 1 aliphatic heterocycles. The standard InChI is InChI=1S/C20H20FN5O/c1-12(27)20-22-9-7-18(25-20)26-10-8-16-17(11-26)23-13(2)24-19(16)14-3-5-15(21)6-4-14/h3-7,9,12,27H,8,10-11H2,1-2H3/t12-/m1/s1. The molecule has 0 aliphatic carbocycles. The van der Waals surface area contributed by atoms with Gasteiger partial charge in [0, 0.05) is 23.9 Å². The third-order valence-electron chi connectivity index (χ3n) is 4.65. The van der Waals surface area contributed by atoms with Crippen LogP contribution in [0, 0.1) is 12.7 Å². The van der Waals surface area contributed by atoms with E-state index in [4.69, 9.17) is 0 Å². The topological polar surface area (TPSA) is 75.0 Å². The van der Waals surface area contributed by atoms with Crippen molar-refractivity contribution in [1.82, 2.24) is 19.9 Å². The molecule has 0 spiro atoms. The molecule has 0 fully saturated rings. The highest BCUT2D eigenvalue weighted by molar-refractivity contribution is 5.65. The molecule has 0 unspecified atom stereocenters. The predicted molar refractivity (Wildman–Crippen MR) is 99.6 cm³/mol. The van der Waals surface area contributed by atoms with Gasteiger partial charge in [-0.15, -0.1) is 0 Å². The van der Waals surface area contributed by atoms with E-state index in [2.05, 4.69) is 24.8 Å². The zero-order valence-electron chi connectivity index (χ0n) is 15.2. The van der Waals surface area contributed by atoms with Gasteiger partial charge < -0.3 is 10.0 Å². The summed E-state index contributed by atoms with van der Waals surface area (Å²) >= 11 is 0. The Morgan fingerprint density at radius 2 is 1.89 bits per heavy atom. The largest absolute Gasteiger partial charge is 0.385 e. The molecule has 0 bridgehead atoms. The SMILES string of the molecule is Cc1nc2c(c(-c3ccc(F)cc3)n1)CCN(c1ccnc([C@@H](C)O)n1)C2. The summed E-state index contributed by atoms with van der Waals surface area (Å²) in [6.07, 6.45) is 1.71. The van der Waals surface area contributed by atoms with Gasteiger partial charge in [0.05, 0.1) is 17.9 Å². The number of aryl methyl sites for hydroxylation is 1. The molecule has 0 amide bonds. The molecular formula is C20H20FN5O. The maximum atomic E-state index is 13.3. The van der Waals surface area contributed by atoms with Crippen molar-refractivity contribution in [2.75, 3.05) is 11.4 Å². The molecule has 1 aromatic carbocycles. The normalized spacial score (nSPS) is 14.7. The van der Waals surface area contributed by atoms with Crippen LogP contribution in [0.5, 0.6) is 0 Å². The number of hydrogen-bond donors (Lipinski definition) is 1. The second kappa shape index (κ2) is 7.00. The molecule has 4 rings (SSSR count). The Labute approximate surface area is 156 Å². The van der Waals surface area contributed by atoms with Gasteiger partial charge in [0.2, 0.25) is 0 Å². The number of nitrogens with zero attached hydrogens (tertiary/aromatic N) is 5. The molecule has 0 radical (unpaired) electrons. The van der Waals surface area contributed by atoms with Crippen molar-refractivity contribution in [3.05, 3.63) is 65.3 Å². The maximum absolute atomic E-state index is 13.3. The van der Waals surface area contributed by atoms with Crippen LogP contribution in [-0.2, 0) is 13.0 Å². The number of halogens is 1. The number of hydrogen-bond acceptors (Lipinski definition) is 6. The smallest absolute Gasteiger partial charge is 0.158 e. The minimum absolute atomic E-state index is 0.262. The lowest BCUT2D eigenvalue weighted by Gasteiger charge is -2.30. The minimum Gasteiger partial charge on any atom is -0.385 e. The summed E-state index contributed by atoms with van der Waals surface area (Å²) in [5, 5.41) is 9.73. The molecule has 1 atom stereocenters. The molecule has 138 valence electrons. The summed E-state index contributed by atoms with van der Waals surface area (Å²) in [6, 6.07) is 8.25. The van der Waals surface area contributed by atoms with Crippen LogP contribution in [-0.4, -0.2) is 31.6 Å². The quantitative estimate of drug-likeness (QED) is 0.769. The number of aliphatic hydroxyl groups excluding tert-OH is 1. The van der Waals surface area contributed by atoms with Crippen LogP contribution in [0.2, 0.25) is 0 Å². The highest BCUT2D eigenvalue weighted by atomic mass is 19.1. The van der Waals surface area contributed by atoms with Gasteiger partial charge in [-0.3, -0.25) is 0 Å². The predicted octanol–water partition coefficient (Wildman–Crippen LogP) is 3.00. The van der Waals surface area contributed by atoms with Crippen LogP contribution in [0.1, 0.15) is 35.9 Å². The number of anilines is 1. The van der Waals surface area contributed by atoms with E-state index in [1.807, 2.05) is 13.0 Å². The molecule has 0 saturated heterocycles. The molecule has 1 aliphatic rings. The summed E-state index contributed by atoms with van der Waals surface area (Å²) < 4.78 is 13.3. The molecule has 0 saturated carbocycles. The first-order chi connectivity index (χ1) is 13.0. The van der Waals surface area contributed by atoms with Gasteiger partial charge in [-0.05, 0) is 50.6 Å². The Hall–Kier alpha value is -2.93. The van der Waals surface area contributed by atoms with E-state index in [1.54, 1.807) is 25.3 Å². The van der Waals surface area contributed by atoms with Crippen LogP contribution in [0.3, 0.4) is 0 Å². The van der Waals surface area contributed by atoms with Gasteiger partial charge in [0.1, 0.15) is 23.6 Å². The first kappa shape index (κ1) is 17.5. The zero-order valence-corrected chi connectivity index (χ0v) is 15.2. The van der Waals surface area contributed by atoms with Gasteiger partial charge in [-0.1, -0.05) is 0 Å². The van der Waals surface area contributed by atoms with Crippen LogP contribution >= 0.6 is 0 Å². The zero-order chi connectivity index (χ0) is 19.0.